The Labute approximate surface area is 217 Å². The van der Waals surface area contributed by atoms with Crippen LogP contribution in [0.4, 0.5) is 0 Å². The summed E-state index contributed by atoms with van der Waals surface area (Å²) in [7, 11) is 0. The minimum absolute atomic E-state index is 0.0624. The molecular formula is C28H50O8. The first kappa shape index (κ1) is 33.9. The van der Waals surface area contributed by atoms with E-state index in [0.29, 0.717) is 6.42 Å². The summed E-state index contributed by atoms with van der Waals surface area (Å²) < 4.78 is 4.86. The zero-order valence-corrected chi connectivity index (χ0v) is 22.4. The van der Waals surface area contributed by atoms with Crippen LogP contribution >= 0.6 is 0 Å². The predicted molar refractivity (Wildman–Crippen MR) is 139 cm³/mol. The van der Waals surface area contributed by atoms with Crippen LogP contribution in [0.25, 0.3) is 0 Å². The second kappa shape index (κ2) is 22.1. The van der Waals surface area contributed by atoms with Gasteiger partial charge in [-0.3, -0.25) is 14.4 Å². The average molecular weight is 515 g/mol. The smallest absolute Gasteiger partial charge is 0.349 e. The summed E-state index contributed by atoms with van der Waals surface area (Å²) in [4.78, 5) is 45.5. The molecule has 36 heavy (non-hydrogen) atoms. The lowest BCUT2D eigenvalue weighted by Crippen LogP contribution is -2.47. The minimum atomic E-state index is -2.58. The molecule has 0 radical (unpaired) electrons. The van der Waals surface area contributed by atoms with Crippen molar-refractivity contribution in [1.29, 1.82) is 0 Å². The Hall–Kier alpha value is -2.12. The second-order valence-electron chi connectivity index (χ2n) is 10.0. The molecule has 210 valence electrons. The number of ether oxygens (including phenoxy) is 1. The van der Waals surface area contributed by atoms with E-state index in [4.69, 9.17) is 14.9 Å². The summed E-state index contributed by atoms with van der Waals surface area (Å²) in [5, 5.41) is 27.1. The molecule has 0 heterocycles. The van der Waals surface area contributed by atoms with Gasteiger partial charge in [-0.25, -0.2) is 4.79 Å². The van der Waals surface area contributed by atoms with Gasteiger partial charge in [0.15, 0.2) is 0 Å². The van der Waals surface area contributed by atoms with Crippen molar-refractivity contribution in [2.24, 2.45) is 0 Å². The molecule has 0 aromatic rings. The zero-order valence-electron chi connectivity index (χ0n) is 22.4. The van der Waals surface area contributed by atoms with Crippen molar-refractivity contribution >= 4 is 23.9 Å². The largest absolute Gasteiger partial charge is 0.481 e. The van der Waals surface area contributed by atoms with Gasteiger partial charge in [0.2, 0.25) is 5.60 Å². The Morgan fingerprint density at radius 2 is 0.833 bits per heavy atom. The minimum Gasteiger partial charge on any atom is -0.481 e. The van der Waals surface area contributed by atoms with Gasteiger partial charge in [-0.2, -0.15) is 0 Å². The van der Waals surface area contributed by atoms with Crippen LogP contribution in [-0.4, -0.2) is 44.8 Å². The lowest BCUT2D eigenvalue weighted by Gasteiger charge is -2.26. The summed E-state index contributed by atoms with van der Waals surface area (Å²) in [6.07, 6.45) is 21.0. The van der Waals surface area contributed by atoms with Crippen LogP contribution in [-0.2, 0) is 23.9 Å². The summed E-state index contributed by atoms with van der Waals surface area (Å²) in [5.74, 6) is -5.74. The Morgan fingerprint density at radius 3 is 1.11 bits per heavy atom. The first-order valence-electron chi connectivity index (χ1n) is 14.1. The molecule has 0 bridgehead atoms. The Bertz CT molecular complexity index is 601. The molecule has 0 unspecified atom stereocenters. The molecule has 0 rings (SSSR count). The van der Waals surface area contributed by atoms with Crippen molar-refractivity contribution in [2.45, 2.75) is 154 Å². The molecule has 0 aliphatic carbocycles. The maximum atomic E-state index is 12.0. The maximum Gasteiger partial charge on any atom is 0.349 e. The van der Waals surface area contributed by atoms with Crippen LogP contribution in [0.15, 0.2) is 0 Å². The number of hydrogen-bond donors (Lipinski definition) is 3. The molecule has 0 atom stereocenters. The second-order valence-corrected chi connectivity index (χ2v) is 10.0. The molecule has 0 saturated heterocycles. The molecule has 0 aliphatic heterocycles. The Balaban J connectivity index is 3.70. The maximum absolute atomic E-state index is 12.0. The fraction of sp³-hybridized carbons (Fsp3) is 0.857. The van der Waals surface area contributed by atoms with Crippen LogP contribution in [0.2, 0.25) is 0 Å². The van der Waals surface area contributed by atoms with Crippen LogP contribution in [0.1, 0.15) is 148 Å². The molecule has 8 heteroatoms. The molecule has 0 aromatic carbocycles. The van der Waals surface area contributed by atoms with Gasteiger partial charge in [0.1, 0.15) is 0 Å². The number of carboxylic acids is 3. The lowest BCUT2D eigenvalue weighted by atomic mass is 9.95. The third-order valence-corrected chi connectivity index (χ3v) is 6.56. The van der Waals surface area contributed by atoms with Crippen LogP contribution < -0.4 is 0 Å². The number of unbranched alkanes of at least 4 members (excludes halogenated alkanes) is 18. The van der Waals surface area contributed by atoms with Gasteiger partial charge in [-0.1, -0.05) is 122 Å². The molecular weight excluding hydrogens is 464 g/mol. The molecule has 0 saturated carbocycles. The predicted octanol–water partition coefficient (Wildman–Crippen LogP) is 7.12. The van der Waals surface area contributed by atoms with E-state index in [1.54, 1.807) is 0 Å². The fourth-order valence-electron chi connectivity index (χ4n) is 4.43. The van der Waals surface area contributed by atoms with Gasteiger partial charge >= 0.3 is 23.9 Å². The number of hydrogen-bond acceptors (Lipinski definition) is 5. The molecule has 0 spiro atoms. The highest BCUT2D eigenvalue weighted by molar-refractivity contribution is 5.90. The van der Waals surface area contributed by atoms with Gasteiger partial charge in [0.25, 0.3) is 0 Å². The van der Waals surface area contributed by atoms with Gasteiger partial charge < -0.3 is 20.1 Å². The SMILES string of the molecule is CCCCCCCCCCCCCCCCCCCCCC(=O)OC(CC(=O)O)(CC(=O)O)C(=O)O. The topological polar surface area (TPSA) is 138 Å². The van der Waals surface area contributed by atoms with Crippen molar-refractivity contribution < 1.29 is 39.2 Å². The third kappa shape index (κ3) is 19.1. The highest BCUT2D eigenvalue weighted by atomic mass is 16.6. The van der Waals surface area contributed by atoms with Crippen molar-refractivity contribution in [1.82, 2.24) is 0 Å². The zero-order chi connectivity index (χ0) is 27.1. The van der Waals surface area contributed by atoms with E-state index in [-0.39, 0.29) is 6.42 Å². The van der Waals surface area contributed by atoms with Crippen molar-refractivity contribution in [3.05, 3.63) is 0 Å². The third-order valence-electron chi connectivity index (χ3n) is 6.56. The van der Waals surface area contributed by atoms with Crippen molar-refractivity contribution in [2.75, 3.05) is 0 Å². The summed E-state index contributed by atoms with van der Waals surface area (Å²) >= 11 is 0. The first-order chi connectivity index (χ1) is 17.2. The van der Waals surface area contributed by atoms with Crippen LogP contribution in [0, 0.1) is 0 Å². The Kier molecular flexibility index (Phi) is 20.8. The van der Waals surface area contributed by atoms with Crippen molar-refractivity contribution in [3.8, 4) is 0 Å². The van der Waals surface area contributed by atoms with E-state index < -0.39 is 42.3 Å². The number of carboxylic acid groups (broad SMARTS) is 3. The van der Waals surface area contributed by atoms with Gasteiger partial charge in [-0.05, 0) is 6.42 Å². The van der Waals surface area contributed by atoms with E-state index in [2.05, 4.69) is 6.92 Å². The summed E-state index contributed by atoms with van der Waals surface area (Å²) in [6, 6.07) is 0. The number of carbonyl (C=O) groups excluding carboxylic acids is 1. The highest BCUT2D eigenvalue weighted by Gasteiger charge is 2.47. The van der Waals surface area contributed by atoms with Crippen molar-refractivity contribution in [3.63, 3.8) is 0 Å². The lowest BCUT2D eigenvalue weighted by molar-refractivity contribution is -0.186. The number of rotatable bonds is 26. The molecule has 3 N–H and O–H groups in total. The number of aliphatic carboxylic acids is 3. The first-order valence-corrected chi connectivity index (χ1v) is 14.1. The molecule has 0 aromatic heterocycles. The molecule has 8 nitrogen and oxygen atoms in total. The van der Waals surface area contributed by atoms with E-state index in [1.165, 1.54) is 89.9 Å². The summed E-state index contributed by atoms with van der Waals surface area (Å²) in [5.41, 5.74) is -2.58. The normalized spacial score (nSPS) is 11.4. The van der Waals surface area contributed by atoms with Crippen LogP contribution in [0.3, 0.4) is 0 Å². The molecule has 0 amide bonds. The average Bonchev–Trinajstić information content (AvgIpc) is 2.79. The fourth-order valence-corrected chi connectivity index (χ4v) is 4.43. The quantitative estimate of drug-likeness (QED) is 0.0818. The van der Waals surface area contributed by atoms with E-state index in [9.17, 15) is 24.3 Å². The number of esters is 1. The van der Waals surface area contributed by atoms with Gasteiger partial charge in [0, 0.05) is 6.42 Å². The molecule has 0 fully saturated rings. The summed E-state index contributed by atoms with van der Waals surface area (Å²) in [6.45, 7) is 2.25. The van der Waals surface area contributed by atoms with Gasteiger partial charge in [0.05, 0.1) is 12.8 Å². The highest BCUT2D eigenvalue weighted by Crippen LogP contribution is 2.24. The van der Waals surface area contributed by atoms with E-state index in [1.807, 2.05) is 0 Å². The monoisotopic (exact) mass is 514 g/mol. The molecule has 0 aliphatic rings. The standard InChI is InChI=1S/C28H50O8/c1-2-3-4-5-6-7-8-9-10-11-12-13-14-15-16-17-18-19-20-21-26(33)36-28(27(34)35,22-24(29)30)23-25(31)32/h2-23H2,1H3,(H,29,30)(H,31,32)(H,34,35). The van der Waals surface area contributed by atoms with Gasteiger partial charge in [-0.15, -0.1) is 0 Å². The Morgan fingerprint density at radius 1 is 0.528 bits per heavy atom. The van der Waals surface area contributed by atoms with E-state index >= 15 is 0 Å². The van der Waals surface area contributed by atoms with E-state index in [0.717, 1.165) is 25.7 Å². The van der Waals surface area contributed by atoms with Crippen LogP contribution in [0.5, 0.6) is 0 Å². The number of carbonyl (C=O) groups is 4.